The van der Waals surface area contributed by atoms with Gasteiger partial charge in [-0.2, -0.15) is 0 Å². The average molecular weight is 287 g/mol. The van der Waals surface area contributed by atoms with Gasteiger partial charge < -0.3 is 14.7 Å². The molecule has 4 heteroatoms. The largest absolute Gasteiger partial charge is 0.384 e. The number of ether oxygens (including phenoxy) is 1. The van der Waals surface area contributed by atoms with E-state index in [1.165, 1.54) is 0 Å². The second-order valence-corrected chi connectivity index (χ2v) is 5.24. The summed E-state index contributed by atoms with van der Waals surface area (Å²) in [7, 11) is 1.84. The maximum atomic E-state index is 12.3. The van der Waals surface area contributed by atoms with Gasteiger partial charge in [0.15, 0.2) is 0 Å². The summed E-state index contributed by atoms with van der Waals surface area (Å²) >= 11 is 0. The minimum absolute atomic E-state index is 0.0958. The number of hydrogen-bond donors (Lipinski definition) is 1. The number of carbonyl (C=O) groups is 1. The molecule has 1 heterocycles. The zero-order valence-electron chi connectivity index (χ0n) is 12.3. The summed E-state index contributed by atoms with van der Waals surface area (Å²) < 4.78 is 5.29. The lowest BCUT2D eigenvalue weighted by Crippen LogP contribution is -2.35. The lowest BCUT2D eigenvalue weighted by molar-refractivity contribution is -0.137. The van der Waals surface area contributed by atoms with Crippen LogP contribution in [-0.2, 0) is 16.1 Å². The summed E-state index contributed by atoms with van der Waals surface area (Å²) in [4.78, 5) is 14.1. The summed E-state index contributed by atoms with van der Waals surface area (Å²) in [6.45, 7) is 1.83. The molecule has 0 radical (unpaired) electrons. The smallest absolute Gasteiger partial charge is 0.225 e. The maximum absolute atomic E-state index is 12.3. The van der Waals surface area contributed by atoms with Gasteiger partial charge in [-0.05, 0) is 30.5 Å². The second kappa shape index (κ2) is 7.82. The molecule has 4 nitrogen and oxygen atoms in total. The monoisotopic (exact) mass is 287 g/mol. The van der Waals surface area contributed by atoms with Crippen LogP contribution in [-0.4, -0.2) is 42.8 Å². The van der Waals surface area contributed by atoms with E-state index >= 15 is 0 Å². The van der Waals surface area contributed by atoms with Crippen LogP contribution in [0.1, 0.15) is 24.0 Å². The van der Waals surface area contributed by atoms with Crippen LogP contribution in [0.25, 0.3) is 0 Å². The fourth-order valence-electron chi connectivity index (χ4n) is 2.44. The zero-order valence-corrected chi connectivity index (χ0v) is 12.3. The van der Waals surface area contributed by atoms with E-state index in [1.54, 1.807) is 4.90 Å². The highest BCUT2D eigenvalue weighted by atomic mass is 16.5. The fraction of sp³-hybridized carbons (Fsp3) is 0.471. The van der Waals surface area contributed by atoms with Gasteiger partial charge in [0.2, 0.25) is 5.91 Å². The normalized spacial score (nSPS) is 15.1. The summed E-state index contributed by atoms with van der Waals surface area (Å²) in [6.07, 6.45) is 1.64. The highest BCUT2D eigenvalue weighted by Gasteiger charge is 2.24. The van der Waals surface area contributed by atoms with Crippen molar-refractivity contribution in [3.8, 4) is 11.8 Å². The first kappa shape index (κ1) is 15.6. The molecule has 0 bridgehead atoms. The summed E-state index contributed by atoms with van der Waals surface area (Å²) in [5.41, 5.74) is 1.94. The third-order valence-electron chi connectivity index (χ3n) is 3.63. The molecular weight excluding hydrogens is 266 g/mol. The van der Waals surface area contributed by atoms with Crippen molar-refractivity contribution >= 4 is 5.91 Å². The molecule has 21 heavy (non-hydrogen) atoms. The van der Waals surface area contributed by atoms with Gasteiger partial charge in [0.25, 0.3) is 0 Å². The Bertz CT molecular complexity index is 521. The van der Waals surface area contributed by atoms with Gasteiger partial charge in [0, 0.05) is 38.3 Å². The number of benzene rings is 1. The molecule has 0 aromatic heterocycles. The Morgan fingerprint density at radius 2 is 2.00 bits per heavy atom. The first-order chi connectivity index (χ1) is 10.2. The highest BCUT2D eigenvalue weighted by Crippen LogP contribution is 2.18. The molecule has 1 amide bonds. The predicted molar refractivity (Wildman–Crippen MR) is 80.4 cm³/mol. The van der Waals surface area contributed by atoms with Crippen molar-refractivity contribution in [2.75, 3.05) is 26.9 Å². The molecule has 2 rings (SSSR count). The molecule has 0 unspecified atom stereocenters. The SMILES string of the molecule is CN(Cc1ccc(C#CCO)cc1)C(=O)C1CCOCC1. The van der Waals surface area contributed by atoms with Gasteiger partial charge in [0.1, 0.15) is 6.61 Å². The Kier molecular flexibility index (Phi) is 5.79. The Hall–Kier alpha value is -1.83. The minimum atomic E-state index is -0.135. The summed E-state index contributed by atoms with van der Waals surface area (Å²) in [5.74, 6) is 5.76. The van der Waals surface area contributed by atoms with Crippen molar-refractivity contribution in [2.24, 2.45) is 5.92 Å². The number of amides is 1. The molecule has 0 saturated carbocycles. The number of hydrogen-bond acceptors (Lipinski definition) is 3. The van der Waals surface area contributed by atoms with Crippen molar-refractivity contribution in [1.82, 2.24) is 4.90 Å². The van der Waals surface area contributed by atoms with Gasteiger partial charge in [0.05, 0.1) is 0 Å². The van der Waals surface area contributed by atoms with Crippen molar-refractivity contribution in [2.45, 2.75) is 19.4 Å². The van der Waals surface area contributed by atoms with Crippen LogP contribution < -0.4 is 0 Å². The summed E-state index contributed by atoms with van der Waals surface area (Å²) in [5, 5.41) is 8.66. The number of rotatable bonds is 3. The molecule has 0 spiro atoms. The van der Waals surface area contributed by atoms with E-state index in [1.807, 2.05) is 31.3 Å². The molecule has 1 fully saturated rings. The van der Waals surface area contributed by atoms with Gasteiger partial charge in [-0.15, -0.1) is 0 Å². The fourth-order valence-corrected chi connectivity index (χ4v) is 2.44. The molecule has 1 aromatic carbocycles. The molecule has 1 saturated heterocycles. The van der Waals surface area contributed by atoms with Crippen LogP contribution in [0.3, 0.4) is 0 Å². The molecule has 1 N–H and O–H groups in total. The minimum Gasteiger partial charge on any atom is -0.384 e. The first-order valence-corrected chi connectivity index (χ1v) is 7.22. The van der Waals surface area contributed by atoms with Gasteiger partial charge in [-0.3, -0.25) is 4.79 Å². The van der Waals surface area contributed by atoms with Crippen LogP contribution in [0.15, 0.2) is 24.3 Å². The third kappa shape index (κ3) is 4.59. The van der Waals surface area contributed by atoms with E-state index in [4.69, 9.17) is 9.84 Å². The van der Waals surface area contributed by atoms with E-state index in [9.17, 15) is 4.79 Å². The van der Waals surface area contributed by atoms with E-state index in [0.717, 1.165) is 24.0 Å². The molecule has 1 aromatic rings. The Morgan fingerprint density at radius 1 is 1.33 bits per heavy atom. The van der Waals surface area contributed by atoms with E-state index in [0.29, 0.717) is 19.8 Å². The van der Waals surface area contributed by atoms with Crippen LogP contribution in [0, 0.1) is 17.8 Å². The zero-order chi connectivity index (χ0) is 15.1. The first-order valence-electron chi connectivity index (χ1n) is 7.22. The standard InChI is InChI=1S/C17H21NO3/c1-18(17(20)16-8-11-21-12-9-16)13-15-6-4-14(5-7-15)3-2-10-19/h4-7,16,19H,8-13H2,1H3. The number of nitrogens with zero attached hydrogens (tertiary/aromatic N) is 1. The number of carbonyl (C=O) groups excluding carboxylic acids is 1. The van der Waals surface area contributed by atoms with Crippen LogP contribution >= 0.6 is 0 Å². The van der Waals surface area contributed by atoms with E-state index in [2.05, 4.69) is 11.8 Å². The van der Waals surface area contributed by atoms with Gasteiger partial charge >= 0.3 is 0 Å². The van der Waals surface area contributed by atoms with E-state index < -0.39 is 0 Å². The van der Waals surface area contributed by atoms with Crippen LogP contribution in [0.2, 0.25) is 0 Å². The Balaban J connectivity index is 1.92. The van der Waals surface area contributed by atoms with Crippen molar-refractivity contribution in [1.29, 1.82) is 0 Å². The van der Waals surface area contributed by atoms with Crippen molar-refractivity contribution < 1.29 is 14.6 Å². The Morgan fingerprint density at radius 3 is 2.62 bits per heavy atom. The Labute approximate surface area is 125 Å². The molecule has 1 aliphatic heterocycles. The maximum Gasteiger partial charge on any atom is 0.225 e. The molecule has 0 atom stereocenters. The van der Waals surface area contributed by atoms with Crippen LogP contribution in [0.5, 0.6) is 0 Å². The van der Waals surface area contributed by atoms with Gasteiger partial charge in [-0.1, -0.05) is 24.0 Å². The topological polar surface area (TPSA) is 49.8 Å². The lowest BCUT2D eigenvalue weighted by atomic mass is 9.98. The quantitative estimate of drug-likeness (QED) is 0.855. The molecular formula is C17H21NO3. The van der Waals surface area contributed by atoms with E-state index in [-0.39, 0.29) is 18.4 Å². The number of aliphatic hydroxyl groups is 1. The molecule has 1 aliphatic rings. The van der Waals surface area contributed by atoms with Gasteiger partial charge in [-0.25, -0.2) is 0 Å². The van der Waals surface area contributed by atoms with Crippen molar-refractivity contribution in [3.63, 3.8) is 0 Å². The molecule has 0 aliphatic carbocycles. The highest BCUT2D eigenvalue weighted by molar-refractivity contribution is 5.78. The number of aliphatic hydroxyl groups excluding tert-OH is 1. The second-order valence-electron chi connectivity index (χ2n) is 5.24. The van der Waals surface area contributed by atoms with Crippen molar-refractivity contribution in [3.05, 3.63) is 35.4 Å². The average Bonchev–Trinajstić information content (AvgIpc) is 2.54. The summed E-state index contributed by atoms with van der Waals surface area (Å²) in [6, 6.07) is 7.75. The molecule has 112 valence electrons. The lowest BCUT2D eigenvalue weighted by Gasteiger charge is -2.26. The predicted octanol–water partition coefficient (Wildman–Crippen LogP) is 1.42. The third-order valence-corrected chi connectivity index (χ3v) is 3.63. The van der Waals surface area contributed by atoms with Crippen LogP contribution in [0.4, 0.5) is 0 Å².